The van der Waals surface area contributed by atoms with Gasteiger partial charge in [0, 0.05) is 24.2 Å². The largest absolute Gasteiger partial charge is 0.307 e. The number of hydrogen-bond acceptors (Lipinski definition) is 2. The number of benzene rings is 1. The molecule has 15 heavy (non-hydrogen) atoms. The van der Waals surface area contributed by atoms with Gasteiger partial charge in [0.1, 0.15) is 0 Å². The first-order valence-corrected chi connectivity index (χ1v) is 5.19. The van der Waals surface area contributed by atoms with Gasteiger partial charge >= 0.3 is 0 Å². The molecule has 0 bridgehead atoms. The van der Waals surface area contributed by atoms with Gasteiger partial charge in [0.15, 0.2) is 0 Å². The smallest absolute Gasteiger partial charge is 0.0971 e. The van der Waals surface area contributed by atoms with Crippen molar-refractivity contribution in [1.82, 2.24) is 15.5 Å². The van der Waals surface area contributed by atoms with Gasteiger partial charge in [-0.15, -0.1) is 0 Å². The molecule has 2 heterocycles. The molecule has 3 heteroatoms. The Balaban J connectivity index is 2.17. The number of fused-ring (bicyclic) bond motifs is 1. The lowest BCUT2D eigenvalue weighted by Gasteiger charge is -2.03. The number of aromatic nitrogens is 2. The monoisotopic (exact) mass is 199 g/mol. The van der Waals surface area contributed by atoms with Crippen LogP contribution in [0.4, 0.5) is 0 Å². The highest BCUT2D eigenvalue weighted by Gasteiger charge is 2.19. The minimum atomic E-state index is 0.911. The van der Waals surface area contributed by atoms with E-state index in [1.807, 2.05) is 0 Å². The quantitative estimate of drug-likeness (QED) is 0.737. The molecule has 1 aromatic carbocycles. The Morgan fingerprint density at radius 2 is 2.07 bits per heavy atom. The van der Waals surface area contributed by atoms with Gasteiger partial charge in [-0.2, -0.15) is 5.10 Å². The van der Waals surface area contributed by atoms with Crippen LogP contribution in [0.3, 0.4) is 0 Å². The van der Waals surface area contributed by atoms with Crippen LogP contribution in [-0.2, 0) is 13.1 Å². The van der Waals surface area contributed by atoms with E-state index in [0.717, 1.165) is 18.8 Å². The minimum Gasteiger partial charge on any atom is -0.307 e. The molecule has 3 rings (SSSR count). The van der Waals surface area contributed by atoms with Crippen molar-refractivity contribution in [3.8, 4) is 11.3 Å². The van der Waals surface area contributed by atoms with E-state index >= 15 is 0 Å². The third kappa shape index (κ3) is 1.27. The maximum absolute atomic E-state index is 4.40. The Bertz CT molecular complexity index is 499. The van der Waals surface area contributed by atoms with Gasteiger partial charge in [0.25, 0.3) is 0 Å². The second kappa shape index (κ2) is 3.21. The lowest BCUT2D eigenvalue weighted by Crippen LogP contribution is -2.03. The summed E-state index contributed by atoms with van der Waals surface area (Å²) in [6.45, 7) is 3.96. The fourth-order valence-electron chi connectivity index (χ4n) is 2.11. The van der Waals surface area contributed by atoms with Crippen LogP contribution in [0.25, 0.3) is 11.3 Å². The summed E-state index contributed by atoms with van der Waals surface area (Å²) in [4.78, 5) is 0. The Morgan fingerprint density at radius 1 is 1.20 bits per heavy atom. The molecule has 0 aliphatic carbocycles. The van der Waals surface area contributed by atoms with Crippen molar-refractivity contribution in [2.24, 2.45) is 0 Å². The predicted octanol–water partition coefficient (Wildman–Crippen LogP) is 1.99. The van der Waals surface area contributed by atoms with E-state index in [4.69, 9.17) is 0 Å². The Kier molecular flexibility index (Phi) is 1.86. The molecule has 1 aliphatic rings. The van der Waals surface area contributed by atoms with Gasteiger partial charge in [-0.05, 0) is 12.5 Å². The first kappa shape index (κ1) is 8.68. The summed E-state index contributed by atoms with van der Waals surface area (Å²) in [6.07, 6.45) is 0. The molecule has 0 amide bonds. The molecule has 2 aromatic rings. The van der Waals surface area contributed by atoms with Crippen LogP contribution in [0.5, 0.6) is 0 Å². The van der Waals surface area contributed by atoms with Crippen LogP contribution in [0.2, 0.25) is 0 Å². The maximum atomic E-state index is 4.40. The zero-order valence-electron chi connectivity index (χ0n) is 8.67. The van der Waals surface area contributed by atoms with Crippen LogP contribution >= 0.6 is 0 Å². The van der Waals surface area contributed by atoms with E-state index in [9.17, 15) is 0 Å². The summed E-state index contributed by atoms with van der Waals surface area (Å²) >= 11 is 0. The molecule has 1 aromatic heterocycles. The molecule has 0 radical (unpaired) electrons. The zero-order valence-corrected chi connectivity index (χ0v) is 8.67. The minimum absolute atomic E-state index is 0.911. The number of aromatic amines is 1. The van der Waals surface area contributed by atoms with E-state index in [1.165, 1.54) is 22.4 Å². The molecule has 2 N–H and O–H groups in total. The highest BCUT2D eigenvalue weighted by Crippen LogP contribution is 2.28. The third-order valence-electron chi connectivity index (χ3n) is 2.96. The lowest BCUT2D eigenvalue weighted by atomic mass is 10.0. The normalized spacial score (nSPS) is 14.2. The van der Waals surface area contributed by atoms with Gasteiger partial charge in [-0.1, -0.05) is 24.3 Å². The molecule has 0 unspecified atom stereocenters. The highest BCUT2D eigenvalue weighted by atomic mass is 15.2. The highest BCUT2D eigenvalue weighted by molar-refractivity contribution is 5.67. The maximum Gasteiger partial charge on any atom is 0.0971 e. The molecule has 0 fully saturated rings. The number of nitrogens with one attached hydrogen (secondary N) is 2. The van der Waals surface area contributed by atoms with Crippen molar-refractivity contribution in [3.05, 3.63) is 41.1 Å². The van der Waals surface area contributed by atoms with Crippen LogP contribution in [-0.4, -0.2) is 10.2 Å². The zero-order chi connectivity index (χ0) is 10.3. The fraction of sp³-hybridized carbons (Fsp3) is 0.250. The SMILES string of the molecule is Cc1ccccc1-c1n[nH]c2c1CNC2. The number of hydrogen-bond donors (Lipinski definition) is 2. The molecule has 76 valence electrons. The van der Waals surface area contributed by atoms with Crippen LogP contribution < -0.4 is 5.32 Å². The Labute approximate surface area is 88.5 Å². The van der Waals surface area contributed by atoms with Crippen molar-refractivity contribution < 1.29 is 0 Å². The van der Waals surface area contributed by atoms with Crippen molar-refractivity contribution in [2.45, 2.75) is 20.0 Å². The lowest BCUT2D eigenvalue weighted by molar-refractivity contribution is 0.743. The second-order valence-corrected chi connectivity index (χ2v) is 3.95. The molecule has 0 saturated carbocycles. The van der Waals surface area contributed by atoms with Crippen LogP contribution in [0, 0.1) is 6.92 Å². The third-order valence-corrected chi connectivity index (χ3v) is 2.96. The summed E-state index contributed by atoms with van der Waals surface area (Å²) < 4.78 is 0. The van der Waals surface area contributed by atoms with Crippen molar-refractivity contribution >= 4 is 0 Å². The molecule has 1 aliphatic heterocycles. The van der Waals surface area contributed by atoms with Crippen LogP contribution in [0.1, 0.15) is 16.8 Å². The molecule has 3 nitrogen and oxygen atoms in total. The van der Waals surface area contributed by atoms with Gasteiger partial charge < -0.3 is 5.32 Å². The summed E-state index contributed by atoms with van der Waals surface area (Å²) in [5.41, 5.74) is 6.17. The summed E-state index contributed by atoms with van der Waals surface area (Å²) in [5.74, 6) is 0. The first-order chi connectivity index (χ1) is 7.36. The van der Waals surface area contributed by atoms with E-state index in [0.29, 0.717) is 0 Å². The van der Waals surface area contributed by atoms with Crippen molar-refractivity contribution in [1.29, 1.82) is 0 Å². The van der Waals surface area contributed by atoms with Gasteiger partial charge in [-0.3, -0.25) is 5.10 Å². The molecule has 0 spiro atoms. The summed E-state index contributed by atoms with van der Waals surface area (Å²) in [7, 11) is 0. The van der Waals surface area contributed by atoms with E-state index in [-0.39, 0.29) is 0 Å². The molecule has 0 atom stereocenters. The van der Waals surface area contributed by atoms with Crippen molar-refractivity contribution in [2.75, 3.05) is 0 Å². The van der Waals surface area contributed by atoms with Crippen LogP contribution in [0.15, 0.2) is 24.3 Å². The predicted molar refractivity (Wildman–Crippen MR) is 59.3 cm³/mol. The average Bonchev–Trinajstić information content (AvgIpc) is 2.80. The first-order valence-electron chi connectivity index (χ1n) is 5.19. The number of rotatable bonds is 1. The Morgan fingerprint density at radius 3 is 2.93 bits per heavy atom. The van der Waals surface area contributed by atoms with Crippen molar-refractivity contribution in [3.63, 3.8) is 0 Å². The molecule has 0 saturated heterocycles. The Hall–Kier alpha value is -1.61. The number of aryl methyl sites for hydroxylation is 1. The average molecular weight is 199 g/mol. The number of H-pyrrole nitrogens is 1. The number of nitrogens with zero attached hydrogens (tertiary/aromatic N) is 1. The summed E-state index contributed by atoms with van der Waals surface area (Å²) in [5, 5.41) is 10.8. The van der Waals surface area contributed by atoms with Gasteiger partial charge in [-0.25, -0.2) is 0 Å². The standard InChI is InChI=1S/C12H13N3/c1-8-4-2-3-5-9(8)12-10-6-13-7-11(10)14-15-12/h2-5,13H,6-7H2,1H3,(H,14,15). The molecular weight excluding hydrogens is 186 g/mol. The topological polar surface area (TPSA) is 40.7 Å². The van der Waals surface area contributed by atoms with E-state index in [2.05, 4.69) is 46.7 Å². The molecular formula is C12H13N3. The second-order valence-electron chi connectivity index (χ2n) is 3.95. The van der Waals surface area contributed by atoms with E-state index < -0.39 is 0 Å². The fourth-order valence-corrected chi connectivity index (χ4v) is 2.11. The van der Waals surface area contributed by atoms with E-state index in [1.54, 1.807) is 0 Å². The van der Waals surface area contributed by atoms with Gasteiger partial charge in [0.05, 0.1) is 11.4 Å². The van der Waals surface area contributed by atoms with Gasteiger partial charge in [0.2, 0.25) is 0 Å². The summed E-state index contributed by atoms with van der Waals surface area (Å²) in [6, 6.07) is 8.37.